The number of halogens is 1. The van der Waals surface area contributed by atoms with Crippen molar-refractivity contribution in [2.45, 2.75) is 25.4 Å². The zero-order valence-corrected chi connectivity index (χ0v) is 16.5. The minimum absolute atomic E-state index is 0.0317. The summed E-state index contributed by atoms with van der Waals surface area (Å²) in [6.07, 6.45) is 1.80. The molecule has 2 aromatic rings. The summed E-state index contributed by atoms with van der Waals surface area (Å²) in [6.45, 7) is 2.81. The standard InChI is InChI=1S/C23H27FN2O3/c24-20-6-2-4-8-22(20)29-16-19(27)15-25-12-9-18(10-13-25)23(28)26-14-11-17-5-1-3-7-21(17)26/h1-8,18-19,27H,9-16H2/t19-/m1/s1. The maximum atomic E-state index is 13.6. The molecule has 0 radical (unpaired) electrons. The molecule has 0 aromatic heterocycles. The highest BCUT2D eigenvalue weighted by molar-refractivity contribution is 5.97. The van der Waals surface area contributed by atoms with Crippen molar-refractivity contribution in [1.82, 2.24) is 4.90 Å². The van der Waals surface area contributed by atoms with Gasteiger partial charge in [-0.05, 0) is 56.1 Å². The van der Waals surface area contributed by atoms with Crippen LogP contribution in [0.2, 0.25) is 0 Å². The van der Waals surface area contributed by atoms with E-state index in [4.69, 9.17) is 4.74 Å². The van der Waals surface area contributed by atoms with E-state index < -0.39 is 11.9 Å². The number of likely N-dealkylation sites (tertiary alicyclic amines) is 1. The summed E-state index contributed by atoms with van der Waals surface area (Å²) in [4.78, 5) is 17.1. The van der Waals surface area contributed by atoms with Gasteiger partial charge >= 0.3 is 0 Å². The number of nitrogens with zero attached hydrogens (tertiary/aromatic N) is 2. The number of para-hydroxylation sites is 2. The van der Waals surface area contributed by atoms with E-state index >= 15 is 0 Å². The number of ether oxygens (including phenoxy) is 1. The molecule has 1 N–H and O–H groups in total. The van der Waals surface area contributed by atoms with Gasteiger partial charge in [-0.25, -0.2) is 4.39 Å². The summed E-state index contributed by atoms with van der Waals surface area (Å²) >= 11 is 0. The van der Waals surface area contributed by atoms with Crippen molar-refractivity contribution in [3.05, 3.63) is 59.9 Å². The molecule has 6 heteroatoms. The SMILES string of the molecule is O=C(C1CCN(C[C@@H](O)COc2ccccc2F)CC1)N1CCc2ccccc21. The van der Waals surface area contributed by atoms with Gasteiger partial charge in [-0.15, -0.1) is 0 Å². The lowest BCUT2D eigenvalue weighted by Crippen LogP contribution is -2.45. The lowest BCUT2D eigenvalue weighted by molar-refractivity contribution is -0.123. The van der Waals surface area contributed by atoms with E-state index in [2.05, 4.69) is 11.0 Å². The molecule has 2 heterocycles. The van der Waals surface area contributed by atoms with Gasteiger partial charge in [0.2, 0.25) is 5.91 Å². The first-order chi connectivity index (χ1) is 14.1. The predicted octanol–water partition coefficient (Wildman–Crippen LogP) is 2.87. The molecule has 4 rings (SSSR count). The van der Waals surface area contributed by atoms with Crippen LogP contribution in [0.3, 0.4) is 0 Å². The number of amides is 1. The first-order valence-electron chi connectivity index (χ1n) is 10.3. The number of benzene rings is 2. The molecule has 2 aromatic carbocycles. The average Bonchev–Trinajstić information content (AvgIpc) is 3.17. The van der Waals surface area contributed by atoms with Crippen LogP contribution in [0.25, 0.3) is 0 Å². The zero-order chi connectivity index (χ0) is 20.2. The minimum Gasteiger partial charge on any atom is -0.488 e. The Kier molecular flexibility index (Phi) is 6.11. The first kappa shape index (κ1) is 19.9. The number of hydrogen-bond donors (Lipinski definition) is 1. The molecule has 0 aliphatic carbocycles. The topological polar surface area (TPSA) is 53.0 Å². The second kappa shape index (κ2) is 8.93. The van der Waals surface area contributed by atoms with Crippen LogP contribution in [0.15, 0.2) is 48.5 Å². The third-order valence-corrected chi connectivity index (χ3v) is 5.83. The van der Waals surface area contributed by atoms with E-state index in [0.29, 0.717) is 6.54 Å². The largest absolute Gasteiger partial charge is 0.488 e. The Morgan fingerprint density at radius 2 is 1.83 bits per heavy atom. The quantitative estimate of drug-likeness (QED) is 0.813. The predicted molar refractivity (Wildman–Crippen MR) is 110 cm³/mol. The van der Waals surface area contributed by atoms with Gasteiger partial charge in [0.25, 0.3) is 0 Å². The summed E-state index contributed by atoms with van der Waals surface area (Å²) in [7, 11) is 0. The summed E-state index contributed by atoms with van der Waals surface area (Å²) < 4.78 is 19.0. The molecule has 1 atom stereocenters. The van der Waals surface area contributed by atoms with Gasteiger partial charge in [-0.2, -0.15) is 0 Å². The van der Waals surface area contributed by atoms with Gasteiger partial charge in [-0.1, -0.05) is 30.3 Å². The summed E-state index contributed by atoms with van der Waals surface area (Å²) in [5.74, 6) is -0.0217. The highest BCUT2D eigenvalue weighted by atomic mass is 19.1. The van der Waals surface area contributed by atoms with Gasteiger partial charge in [0.1, 0.15) is 12.7 Å². The normalized spacial score (nSPS) is 18.5. The number of rotatable bonds is 6. The minimum atomic E-state index is -0.702. The lowest BCUT2D eigenvalue weighted by atomic mass is 9.95. The Labute approximate surface area is 170 Å². The van der Waals surface area contributed by atoms with Crippen molar-refractivity contribution in [3.8, 4) is 5.75 Å². The van der Waals surface area contributed by atoms with E-state index in [1.54, 1.807) is 18.2 Å². The molecule has 0 spiro atoms. The third-order valence-electron chi connectivity index (χ3n) is 5.83. The smallest absolute Gasteiger partial charge is 0.230 e. The van der Waals surface area contributed by atoms with Gasteiger partial charge in [-0.3, -0.25) is 4.79 Å². The van der Waals surface area contributed by atoms with Crippen molar-refractivity contribution in [1.29, 1.82) is 0 Å². The van der Waals surface area contributed by atoms with E-state index in [1.165, 1.54) is 11.6 Å². The molecular formula is C23H27FN2O3. The van der Waals surface area contributed by atoms with Gasteiger partial charge in [0, 0.05) is 24.7 Å². The van der Waals surface area contributed by atoms with Gasteiger partial charge in [0.15, 0.2) is 11.6 Å². The van der Waals surface area contributed by atoms with E-state index in [-0.39, 0.29) is 24.2 Å². The molecule has 0 saturated carbocycles. The molecule has 1 saturated heterocycles. The number of piperidine rings is 1. The number of hydrogen-bond acceptors (Lipinski definition) is 4. The van der Waals surface area contributed by atoms with E-state index in [1.807, 2.05) is 23.1 Å². The maximum absolute atomic E-state index is 13.6. The van der Waals surface area contributed by atoms with Gasteiger partial charge in [0.05, 0.1) is 0 Å². The summed E-state index contributed by atoms with van der Waals surface area (Å²) in [5, 5.41) is 10.2. The van der Waals surface area contributed by atoms with Crippen LogP contribution in [0.4, 0.5) is 10.1 Å². The Morgan fingerprint density at radius 1 is 1.10 bits per heavy atom. The molecule has 2 aliphatic heterocycles. The molecular weight excluding hydrogens is 371 g/mol. The fourth-order valence-electron chi connectivity index (χ4n) is 4.25. The molecule has 5 nitrogen and oxygen atoms in total. The number of anilines is 1. The molecule has 1 fully saturated rings. The number of carbonyl (C=O) groups excluding carboxylic acids is 1. The van der Waals surface area contributed by atoms with Crippen LogP contribution in [-0.2, 0) is 11.2 Å². The summed E-state index contributed by atoms with van der Waals surface area (Å²) in [6, 6.07) is 14.3. The van der Waals surface area contributed by atoms with E-state index in [0.717, 1.165) is 44.6 Å². The Balaban J connectivity index is 1.23. The maximum Gasteiger partial charge on any atom is 0.230 e. The van der Waals surface area contributed by atoms with Crippen LogP contribution in [0.5, 0.6) is 5.75 Å². The fraction of sp³-hybridized carbons (Fsp3) is 0.435. The second-order valence-electron chi connectivity index (χ2n) is 7.84. The number of β-amino-alcohol motifs (C(OH)–C–C–N with tert-alkyl or cyclic N) is 1. The van der Waals surface area contributed by atoms with Crippen molar-refractivity contribution in [3.63, 3.8) is 0 Å². The fourth-order valence-corrected chi connectivity index (χ4v) is 4.25. The molecule has 1 amide bonds. The Bertz CT molecular complexity index is 852. The highest BCUT2D eigenvalue weighted by Gasteiger charge is 2.32. The molecule has 0 bridgehead atoms. The second-order valence-corrected chi connectivity index (χ2v) is 7.84. The van der Waals surface area contributed by atoms with Gasteiger partial charge < -0.3 is 19.6 Å². The Hall–Kier alpha value is -2.44. The molecule has 29 heavy (non-hydrogen) atoms. The lowest BCUT2D eigenvalue weighted by Gasteiger charge is -2.34. The summed E-state index contributed by atoms with van der Waals surface area (Å²) in [5.41, 5.74) is 2.30. The van der Waals surface area contributed by atoms with Crippen LogP contribution in [0.1, 0.15) is 18.4 Å². The third kappa shape index (κ3) is 4.60. The molecule has 0 unspecified atom stereocenters. The van der Waals surface area contributed by atoms with Crippen molar-refractivity contribution < 1.29 is 19.0 Å². The first-order valence-corrected chi connectivity index (χ1v) is 10.3. The molecule has 2 aliphatic rings. The highest BCUT2D eigenvalue weighted by Crippen LogP contribution is 2.31. The number of aliphatic hydroxyl groups excluding tert-OH is 1. The number of carbonyl (C=O) groups is 1. The van der Waals surface area contributed by atoms with Crippen LogP contribution in [0, 0.1) is 11.7 Å². The number of fused-ring (bicyclic) bond motifs is 1. The number of aliphatic hydroxyl groups is 1. The monoisotopic (exact) mass is 398 g/mol. The van der Waals surface area contributed by atoms with Crippen molar-refractivity contribution in [2.75, 3.05) is 37.7 Å². The van der Waals surface area contributed by atoms with Crippen molar-refractivity contribution in [2.24, 2.45) is 5.92 Å². The molecule has 154 valence electrons. The Morgan fingerprint density at radius 3 is 2.62 bits per heavy atom. The zero-order valence-electron chi connectivity index (χ0n) is 16.5. The van der Waals surface area contributed by atoms with Crippen molar-refractivity contribution >= 4 is 11.6 Å². The van der Waals surface area contributed by atoms with Crippen LogP contribution >= 0.6 is 0 Å². The van der Waals surface area contributed by atoms with Crippen LogP contribution < -0.4 is 9.64 Å². The van der Waals surface area contributed by atoms with Crippen LogP contribution in [-0.4, -0.2) is 54.8 Å². The average molecular weight is 398 g/mol. The van der Waals surface area contributed by atoms with E-state index in [9.17, 15) is 14.3 Å².